The molecule has 1 fully saturated rings. The van der Waals surface area contributed by atoms with Crippen molar-refractivity contribution in [2.45, 2.75) is 59.8 Å². The molecular weight excluding hydrogens is 290 g/mol. The van der Waals surface area contributed by atoms with Crippen molar-refractivity contribution in [3.63, 3.8) is 0 Å². The molecule has 4 heteroatoms. The van der Waals surface area contributed by atoms with Crippen molar-refractivity contribution in [1.29, 1.82) is 0 Å². The van der Waals surface area contributed by atoms with E-state index in [2.05, 4.69) is 46.9 Å². The summed E-state index contributed by atoms with van der Waals surface area (Å²) in [4.78, 5) is 12.0. The van der Waals surface area contributed by atoms with Gasteiger partial charge >= 0.3 is 6.09 Å². The van der Waals surface area contributed by atoms with Crippen LogP contribution < -0.4 is 5.32 Å². The second kappa shape index (κ2) is 6.16. The number of hydrogen-bond acceptors (Lipinski definition) is 3. The summed E-state index contributed by atoms with van der Waals surface area (Å²) in [5.74, 6) is 0. The summed E-state index contributed by atoms with van der Waals surface area (Å²) in [6.45, 7) is 13.7. The van der Waals surface area contributed by atoms with Crippen molar-refractivity contribution in [1.82, 2.24) is 5.32 Å². The zero-order chi connectivity index (χ0) is 17.3. The lowest BCUT2D eigenvalue weighted by Gasteiger charge is -2.52. The number of hydrogen-bond donors (Lipinski definition) is 1. The van der Waals surface area contributed by atoms with Crippen LogP contribution in [0.4, 0.5) is 4.79 Å². The Balaban J connectivity index is 2.16. The molecule has 128 valence electrons. The molecule has 1 amide bonds. The largest absolute Gasteiger partial charge is 0.441 e. The zero-order valence-electron chi connectivity index (χ0n) is 15.1. The van der Waals surface area contributed by atoms with E-state index in [-0.39, 0.29) is 23.0 Å². The summed E-state index contributed by atoms with van der Waals surface area (Å²) in [7, 11) is 0. The summed E-state index contributed by atoms with van der Waals surface area (Å²) in [6.07, 6.45) is -0.679. The van der Waals surface area contributed by atoms with Crippen LogP contribution >= 0.6 is 0 Å². The molecule has 1 atom stereocenters. The third kappa shape index (κ3) is 3.37. The third-order valence-corrected chi connectivity index (χ3v) is 4.78. The molecule has 0 unspecified atom stereocenters. The van der Waals surface area contributed by atoms with Crippen LogP contribution in [0.3, 0.4) is 0 Å². The van der Waals surface area contributed by atoms with Gasteiger partial charge in [-0.25, -0.2) is 4.79 Å². The molecule has 4 nitrogen and oxygen atoms in total. The number of alkyl carbamates (subject to hydrolysis) is 1. The minimum absolute atomic E-state index is 0.168. The van der Waals surface area contributed by atoms with Gasteiger partial charge in [0.05, 0.1) is 18.8 Å². The number of benzene rings is 1. The van der Waals surface area contributed by atoms with Crippen LogP contribution in [0.25, 0.3) is 0 Å². The summed E-state index contributed by atoms with van der Waals surface area (Å²) in [6, 6.07) is 10.0. The molecule has 0 spiro atoms. The summed E-state index contributed by atoms with van der Waals surface area (Å²) in [5.41, 5.74) is 0.284. The van der Waals surface area contributed by atoms with Crippen molar-refractivity contribution in [3.05, 3.63) is 35.9 Å². The quantitative estimate of drug-likeness (QED) is 0.907. The van der Waals surface area contributed by atoms with Gasteiger partial charge in [-0.1, -0.05) is 71.9 Å². The standard InChI is InChI=1S/C19H29NO3/c1-17(2,3)19(18(4,5)6)15(23-16(21)20-19)13-22-12-14-10-8-7-9-11-14/h7-11,15H,12-13H2,1-6H3,(H,20,21)/t15-/m0/s1. The third-order valence-electron chi connectivity index (χ3n) is 4.78. The fourth-order valence-corrected chi connectivity index (χ4v) is 3.97. The lowest BCUT2D eigenvalue weighted by atomic mass is 9.58. The maximum Gasteiger partial charge on any atom is 0.408 e. The number of carbonyl (C=O) groups is 1. The Morgan fingerprint density at radius 1 is 1.09 bits per heavy atom. The van der Waals surface area contributed by atoms with Gasteiger partial charge in [-0.05, 0) is 16.4 Å². The molecule has 1 saturated heterocycles. The number of carbonyl (C=O) groups excluding carboxylic acids is 1. The Morgan fingerprint density at radius 3 is 2.17 bits per heavy atom. The zero-order valence-corrected chi connectivity index (χ0v) is 15.1. The highest BCUT2D eigenvalue weighted by Crippen LogP contribution is 2.49. The fourth-order valence-electron chi connectivity index (χ4n) is 3.97. The van der Waals surface area contributed by atoms with E-state index in [0.717, 1.165) is 5.56 Å². The van der Waals surface area contributed by atoms with Crippen molar-refractivity contribution < 1.29 is 14.3 Å². The molecule has 2 rings (SSSR count). The molecule has 1 aromatic carbocycles. The fraction of sp³-hybridized carbons (Fsp3) is 0.632. The maximum atomic E-state index is 12.0. The predicted molar refractivity (Wildman–Crippen MR) is 91.1 cm³/mol. The number of ether oxygens (including phenoxy) is 2. The minimum atomic E-state index is -0.492. The first kappa shape index (κ1) is 17.8. The average Bonchev–Trinajstić information content (AvgIpc) is 2.77. The van der Waals surface area contributed by atoms with Crippen molar-refractivity contribution in [3.8, 4) is 0 Å². The molecule has 1 aliphatic rings. The van der Waals surface area contributed by atoms with Gasteiger partial charge in [-0.15, -0.1) is 0 Å². The first-order chi connectivity index (χ1) is 10.6. The molecule has 0 saturated carbocycles. The molecule has 1 aliphatic heterocycles. The van der Waals surface area contributed by atoms with Crippen molar-refractivity contribution in [2.75, 3.05) is 6.61 Å². The van der Waals surface area contributed by atoms with Gasteiger partial charge < -0.3 is 14.8 Å². The first-order valence-electron chi connectivity index (χ1n) is 8.18. The monoisotopic (exact) mass is 319 g/mol. The van der Waals surface area contributed by atoms with E-state index in [1.165, 1.54) is 0 Å². The Hall–Kier alpha value is -1.55. The van der Waals surface area contributed by atoms with Crippen LogP contribution in [-0.4, -0.2) is 24.3 Å². The van der Waals surface area contributed by atoms with Gasteiger partial charge in [0.15, 0.2) is 6.10 Å². The number of cyclic esters (lactones) is 1. The van der Waals surface area contributed by atoms with Crippen LogP contribution in [0.5, 0.6) is 0 Å². The van der Waals surface area contributed by atoms with Gasteiger partial charge in [0, 0.05) is 0 Å². The number of nitrogens with one attached hydrogen (secondary N) is 1. The van der Waals surface area contributed by atoms with Crippen molar-refractivity contribution >= 4 is 6.09 Å². The number of amides is 1. The van der Waals surface area contributed by atoms with Gasteiger partial charge in [0.2, 0.25) is 0 Å². The summed E-state index contributed by atoms with van der Waals surface area (Å²) >= 11 is 0. The normalized spacial score (nSPS) is 21.0. The van der Waals surface area contributed by atoms with E-state index in [1.54, 1.807) is 0 Å². The Bertz CT molecular complexity index is 526. The lowest BCUT2D eigenvalue weighted by molar-refractivity contribution is -0.0666. The van der Waals surface area contributed by atoms with Gasteiger partial charge in [0.1, 0.15) is 0 Å². The van der Waals surface area contributed by atoms with Crippen LogP contribution in [0, 0.1) is 10.8 Å². The van der Waals surface area contributed by atoms with Crippen LogP contribution in [0.1, 0.15) is 47.1 Å². The highest BCUT2D eigenvalue weighted by molar-refractivity contribution is 5.72. The van der Waals surface area contributed by atoms with Crippen molar-refractivity contribution in [2.24, 2.45) is 10.8 Å². The van der Waals surface area contributed by atoms with E-state index in [4.69, 9.17) is 9.47 Å². The second-order valence-electron chi connectivity index (χ2n) is 8.33. The molecular formula is C19H29NO3. The Kier molecular flexibility index (Phi) is 4.76. The highest BCUT2D eigenvalue weighted by Gasteiger charge is 2.62. The summed E-state index contributed by atoms with van der Waals surface area (Å²) < 4.78 is 11.5. The molecule has 0 aromatic heterocycles. The maximum absolute atomic E-state index is 12.0. The molecule has 23 heavy (non-hydrogen) atoms. The topological polar surface area (TPSA) is 47.6 Å². The SMILES string of the molecule is CC(C)(C)C1(C(C)(C)C)NC(=O)O[C@H]1COCc1ccccc1. The predicted octanol–water partition coefficient (Wildman–Crippen LogP) is 4.14. The highest BCUT2D eigenvalue weighted by atomic mass is 16.6. The first-order valence-corrected chi connectivity index (χ1v) is 8.18. The van der Waals surface area contributed by atoms with Gasteiger partial charge in [0.25, 0.3) is 0 Å². The smallest absolute Gasteiger partial charge is 0.408 e. The average molecular weight is 319 g/mol. The van der Waals surface area contributed by atoms with Gasteiger partial charge in [-0.2, -0.15) is 0 Å². The van der Waals surface area contributed by atoms with Crippen LogP contribution in [0.15, 0.2) is 30.3 Å². The number of rotatable bonds is 4. The molecule has 0 radical (unpaired) electrons. The summed E-state index contributed by atoms with van der Waals surface area (Å²) in [5, 5.41) is 3.10. The lowest BCUT2D eigenvalue weighted by Crippen LogP contribution is -2.66. The molecule has 1 aromatic rings. The van der Waals surface area contributed by atoms with E-state index in [0.29, 0.717) is 13.2 Å². The van der Waals surface area contributed by atoms with E-state index < -0.39 is 5.54 Å². The molecule has 1 N–H and O–H groups in total. The minimum Gasteiger partial charge on any atom is -0.441 e. The second-order valence-corrected chi connectivity index (χ2v) is 8.33. The van der Waals surface area contributed by atoms with Gasteiger partial charge in [-0.3, -0.25) is 0 Å². The Labute approximate surface area is 139 Å². The van der Waals surface area contributed by atoms with E-state index in [1.807, 2.05) is 30.3 Å². The molecule has 1 heterocycles. The molecule has 0 bridgehead atoms. The molecule has 0 aliphatic carbocycles. The van der Waals surface area contributed by atoms with E-state index >= 15 is 0 Å². The van der Waals surface area contributed by atoms with E-state index in [9.17, 15) is 4.79 Å². The Morgan fingerprint density at radius 2 is 1.65 bits per heavy atom. The van der Waals surface area contributed by atoms with Crippen LogP contribution in [0.2, 0.25) is 0 Å². The van der Waals surface area contributed by atoms with Crippen LogP contribution in [-0.2, 0) is 16.1 Å².